The first-order valence-electron chi connectivity index (χ1n) is 6.61. The second-order valence-electron chi connectivity index (χ2n) is 4.78. The second kappa shape index (κ2) is 5.77. The molecule has 0 aliphatic heterocycles. The van der Waals surface area contributed by atoms with Crippen molar-refractivity contribution in [2.75, 3.05) is 7.05 Å². The minimum Gasteiger partial charge on any atom is -0.314 e. The van der Waals surface area contributed by atoms with E-state index in [0.29, 0.717) is 0 Å². The maximum atomic E-state index is 4.74. The largest absolute Gasteiger partial charge is 0.314 e. The molecule has 0 saturated heterocycles. The van der Waals surface area contributed by atoms with E-state index in [1.807, 2.05) is 13.1 Å². The Bertz CT molecular complexity index is 733. The van der Waals surface area contributed by atoms with E-state index in [2.05, 4.69) is 68.4 Å². The van der Waals surface area contributed by atoms with E-state index in [-0.39, 0.29) is 0 Å². The van der Waals surface area contributed by atoms with Crippen LogP contribution in [0.15, 0.2) is 53.0 Å². The van der Waals surface area contributed by atoms with Crippen molar-refractivity contribution in [3.63, 3.8) is 0 Å². The maximum Gasteiger partial charge on any atom is 0.0841 e. The lowest BCUT2D eigenvalue weighted by molar-refractivity contribution is 0.676. The van der Waals surface area contributed by atoms with Crippen molar-refractivity contribution < 1.29 is 0 Å². The van der Waals surface area contributed by atoms with Gasteiger partial charge in [0.1, 0.15) is 0 Å². The van der Waals surface area contributed by atoms with Gasteiger partial charge in [-0.15, -0.1) is 0 Å². The summed E-state index contributed by atoms with van der Waals surface area (Å²) in [5.41, 5.74) is 3.51. The number of benzene rings is 2. The Labute approximate surface area is 126 Å². The van der Waals surface area contributed by atoms with Crippen LogP contribution in [0.2, 0.25) is 0 Å². The Balaban J connectivity index is 2.03. The lowest BCUT2D eigenvalue weighted by atomic mass is 10.2. The molecule has 20 heavy (non-hydrogen) atoms. The molecule has 102 valence electrons. The van der Waals surface area contributed by atoms with Gasteiger partial charge in [0.15, 0.2) is 0 Å². The van der Waals surface area contributed by atoms with Crippen molar-refractivity contribution in [2.24, 2.45) is 0 Å². The average molecular weight is 330 g/mol. The van der Waals surface area contributed by atoms with E-state index < -0.39 is 0 Å². The van der Waals surface area contributed by atoms with Crippen LogP contribution in [0.4, 0.5) is 0 Å². The molecule has 2 aromatic carbocycles. The summed E-state index contributed by atoms with van der Waals surface area (Å²) in [4.78, 5) is 0. The average Bonchev–Trinajstić information content (AvgIpc) is 2.78. The van der Waals surface area contributed by atoms with Crippen LogP contribution in [0.1, 0.15) is 11.3 Å². The van der Waals surface area contributed by atoms with Crippen molar-refractivity contribution in [3.05, 3.63) is 64.3 Å². The van der Waals surface area contributed by atoms with Crippen LogP contribution >= 0.6 is 15.9 Å². The van der Waals surface area contributed by atoms with E-state index >= 15 is 0 Å². The fourth-order valence-electron chi connectivity index (χ4n) is 2.42. The minimum atomic E-state index is 0.781. The van der Waals surface area contributed by atoms with E-state index in [4.69, 9.17) is 5.10 Å². The molecule has 3 nitrogen and oxygen atoms in total. The highest BCUT2D eigenvalue weighted by Crippen LogP contribution is 2.20. The summed E-state index contributed by atoms with van der Waals surface area (Å²) < 4.78 is 3.17. The quantitative estimate of drug-likeness (QED) is 0.793. The summed E-state index contributed by atoms with van der Waals surface area (Å²) in [6.45, 7) is 1.57. The molecule has 0 aliphatic rings. The number of nitrogens with one attached hydrogen (secondary N) is 1. The molecule has 0 unspecified atom stereocenters. The number of rotatable bonds is 4. The van der Waals surface area contributed by atoms with E-state index in [1.54, 1.807) is 0 Å². The molecule has 1 aromatic heterocycles. The summed E-state index contributed by atoms with van der Waals surface area (Å²) >= 11 is 3.52. The van der Waals surface area contributed by atoms with Gasteiger partial charge in [0, 0.05) is 16.4 Å². The number of para-hydroxylation sites is 1. The first-order valence-corrected chi connectivity index (χ1v) is 7.40. The Morgan fingerprint density at radius 3 is 2.80 bits per heavy atom. The van der Waals surface area contributed by atoms with Gasteiger partial charge in [0.05, 0.1) is 17.8 Å². The lowest BCUT2D eigenvalue weighted by Crippen LogP contribution is -2.07. The first-order chi connectivity index (χ1) is 9.78. The number of fused-ring (bicyclic) bond motifs is 1. The Morgan fingerprint density at radius 2 is 2.00 bits per heavy atom. The fourth-order valence-corrected chi connectivity index (χ4v) is 2.87. The normalized spacial score (nSPS) is 11.1. The fraction of sp³-hybridized carbons (Fsp3) is 0.188. The molecule has 0 amide bonds. The third kappa shape index (κ3) is 2.62. The molecule has 3 rings (SSSR count). The van der Waals surface area contributed by atoms with Gasteiger partial charge in [-0.25, -0.2) is 0 Å². The molecule has 0 aliphatic carbocycles. The molecule has 3 aromatic rings. The van der Waals surface area contributed by atoms with Crippen LogP contribution in [0.5, 0.6) is 0 Å². The molecule has 1 N–H and O–H groups in total. The zero-order chi connectivity index (χ0) is 13.9. The molecular weight excluding hydrogens is 314 g/mol. The highest BCUT2D eigenvalue weighted by atomic mass is 79.9. The van der Waals surface area contributed by atoms with Crippen molar-refractivity contribution in [2.45, 2.75) is 13.1 Å². The predicted molar refractivity (Wildman–Crippen MR) is 85.7 cm³/mol. The van der Waals surface area contributed by atoms with Gasteiger partial charge in [-0.05, 0) is 30.8 Å². The van der Waals surface area contributed by atoms with Crippen LogP contribution < -0.4 is 5.32 Å². The SMILES string of the molecule is CNCc1nn(Cc2cccc(Br)c2)c2ccccc12. The molecule has 1 heterocycles. The molecule has 4 heteroatoms. The van der Waals surface area contributed by atoms with Gasteiger partial charge in [0.2, 0.25) is 0 Å². The predicted octanol–water partition coefficient (Wildman–Crippen LogP) is 3.57. The summed E-state index contributed by atoms with van der Waals surface area (Å²) in [5, 5.41) is 9.14. The third-order valence-corrected chi connectivity index (χ3v) is 3.79. The smallest absolute Gasteiger partial charge is 0.0841 e. The topological polar surface area (TPSA) is 29.9 Å². The van der Waals surface area contributed by atoms with E-state index in [0.717, 1.165) is 23.3 Å². The summed E-state index contributed by atoms with van der Waals surface area (Å²) in [6.07, 6.45) is 0. The van der Waals surface area contributed by atoms with Gasteiger partial charge < -0.3 is 5.32 Å². The molecule has 0 saturated carbocycles. The molecule has 0 spiro atoms. The Morgan fingerprint density at radius 1 is 1.15 bits per heavy atom. The Hall–Kier alpha value is -1.65. The van der Waals surface area contributed by atoms with Crippen LogP contribution in [0.3, 0.4) is 0 Å². The van der Waals surface area contributed by atoms with E-state index in [1.165, 1.54) is 16.5 Å². The highest BCUT2D eigenvalue weighted by molar-refractivity contribution is 9.10. The summed E-state index contributed by atoms with van der Waals surface area (Å²) in [7, 11) is 1.95. The summed E-state index contributed by atoms with van der Waals surface area (Å²) in [6, 6.07) is 16.7. The van der Waals surface area contributed by atoms with Gasteiger partial charge in [-0.2, -0.15) is 5.10 Å². The molecular formula is C16H16BrN3. The van der Waals surface area contributed by atoms with Crippen LogP contribution in [-0.2, 0) is 13.1 Å². The number of hydrogen-bond acceptors (Lipinski definition) is 2. The first kappa shape index (κ1) is 13.3. The van der Waals surface area contributed by atoms with Crippen molar-refractivity contribution >= 4 is 26.8 Å². The van der Waals surface area contributed by atoms with Crippen LogP contribution in [0, 0.1) is 0 Å². The molecule has 0 fully saturated rings. The van der Waals surface area contributed by atoms with Gasteiger partial charge >= 0.3 is 0 Å². The molecule has 0 atom stereocenters. The van der Waals surface area contributed by atoms with Gasteiger partial charge in [0.25, 0.3) is 0 Å². The van der Waals surface area contributed by atoms with Crippen molar-refractivity contribution in [3.8, 4) is 0 Å². The van der Waals surface area contributed by atoms with Crippen molar-refractivity contribution in [1.29, 1.82) is 0 Å². The zero-order valence-electron chi connectivity index (χ0n) is 11.3. The van der Waals surface area contributed by atoms with Crippen LogP contribution in [-0.4, -0.2) is 16.8 Å². The molecule has 0 radical (unpaired) electrons. The maximum absolute atomic E-state index is 4.74. The highest BCUT2D eigenvalue weighted by Gasteiger charge is 2.09. The van der Waals surface area contributed by atoms with E-state index in [9.17, 15) is 0 Å². The number of aromatic nitrogens is 2. The third-order valence-electron chi connectivity index (χ3n) is 3.30. The number of hydrogen-bond donors (Lipinski definition) is 1. The van der Waals surface area contributed by atoms with Gasteiger partial charge in [-0.3, -0.25) is 4.68 Å². The standard InChI is InChI=1S/C16H16BrN3/c1-18-10-15-14-7-2-3-8-16(14)20(19-15)11-12-5-4-6-13(17)9-12/h2-9,18H,10-11H2,1H3. The molecule has 0 bridgehead atoms. The number of halogens is 1. The van der Waals surface area contributed by atoms with Crippen LogP contribution in [0.25, 0.3) is 10.9 Å². The lowest BCUT2D eigenvalue weighted by Gasteiger charge is -2.04. The monoisotopic (exact) mass is 329 g/mol. The Kier molecular flexibility index (Phi) is 3.85. The number of nitrogens with zero attached hydrogens (tertiary/aromatic N) is 2. The van der Waals surface area contributed by atoms with Crippen molar-refractivity contribution in [1.82, 2.24) is 15.1 Å². The summed E-state index contributed by atoms with van der Waals surface area (Å²) in [5.74, 6) is 0. The second-order valence-corrected chi connectivity index (χ2v) is 5.70. The zero-order valence-corrected chi connectivity index (χ0v) is 12.9. The van der Waals surface area contributed by atoms with Gasteiger partial charge in [-0.1, -0.05) is 46.3 Å². The minimum absolute atomic E-state index is 0.781.